The second-order valence-electron chi connectivity index (χ2n) is 2.97. The monoisotopic (exact) mass is 221 g/mol. The van der Waals surface area contributed by atoms with Gasteiger partial charge in [-0.05, 0) is 12.1 Å². The van der Waals surface area contributed by atoms with Gasteiger partial charge in [-0.25, -0.2) is 8.78 Å². The smallest absolute Gasteiger partial charge is 0.162 e. The predicted octanol–water partition coefficient (Wildman–Crippen LogP) is 1.74. The highest BCUT2D eigenvalue weighted by atomic mass is 35.5. The molecular weight excluding hydrogens is 212 g/mol. The van der Waals surface area contributed by atoms with Gasteiger partial charge in [-0.15, -0.1) is 12.4 Å². The van der Waals surface area contributed by atoms with Gasteiger partial charge < -0.3 is 10.1 Å². The maximum absolute atomic E-state index is 12.7. The standard InChI is InChI=1S/C9H9F2NO.ClH/c10-8-2-1-6(3-9(8)11)13-7-4-12-5-7;/h1-3,7,12H,4-5H2;1H. The first-order valence-corrected chi connectivity index (χ1v) is 4.08. The van der Waals surface area contributed by atoms with Crippen LogP contribution in [0.2, 0.25) is 0 Å². The molecule has 1 aliphatic heterocycles. The molecule has 14 heavy (non-hydrogen) atoms. The van der Waals surface area contributed by atoms with Gasteiger partial charge in [-0.2, -0.15) is 0 Å². The third kappa shape index (κ3) is 2.33. The zero-order chi connectivity index (χ0) is 9.26. The summed E-state index contributed by atoms with van der Waals surface area (Å²) in [7, 11) is 0. The fourth-order valence-electron chi connectivity index (χ4n) is 1.09. The highest BCUT2D eigenvalue weighted by Gasteiger charge is 2.18. The van der Waals surface area contributed by atoms with Gasteiger partial charge in [0.15, 0.2) is 11.6 Å². The van der Waals surface area contributed by atoms with Crippen molar-refractivity contribution in [2.24, 2.45) is 0 Å². The SMILES string of the molecule is Cl.Fc1ccc(OC2CNC2)cc1F. The van der Waals surface area contributed by atoms with E-state index in [-0.39, 0.29) is 18.5 Å². The van der Waals surface area contributed by atoms with Crippen molar-refractivity contribution in [2.75, 3.05) is 13.1 Å². The van der Waals surface area contributed by atoms with Crippen LogP contribution in [0.25, 0.3) is 0 Å². The van der Waals surface area contributed by atoms with Crippen LogP contribution in [0.4, 0.5) is 8.78 Å². The maximum Gasteiger partial charge on any atom is 0.162 e. The van der Waals surface area contributed by atoms with Crippen LogP contribution in [0.15, 0.2) is 18.2 Å². The van der Waals surface area contributed by atoms with Crippen molar-refractivity contribution < 1.29 is 13.5 Å². The summed E-state index contributed by atoms with van der Waals surface area (Å²) in [5.41, 5.74) is 0. The summed E-state index contributed by atoms with van der Waals surface area (Å²) >= 11 is 0. The van der Waals surface area contributed by atoms with Gasteiger partial charge in [0.2, 0.25) is 0 Å². The molecule has 0 bridgehead atoms. The van der Waals surface area contributed by atoms with E-state index in [1.807, 2.05) is 0 Å². The van der Waals surface area contributed by atoms with Crippen molar-refractivity contribution in [1.29, 1.82) is 0 Å². The minimum absolute atomic E-state index is 0. The normalized spacial score (nSPS) is 15.6. The number of rotatable bonds is 2. The Morgan fingerprint density at radius 2 is 1.93 bits per heavy atom. The van der Waals surface area contributed by atoms with E-state index in [2.05, 4.69) is 5.32 Å². The first kappa shape index (κ1) is 11.2. The molecule has 78 valence electrons. The summed E-state index contributed by atoms with van der Waals surface area (Å²) in [5, 5.41) is 3.01. The second-order valence-corrected chi connectivity index (χ2v) is 2.97. The fraction of sp³-hybridized carbons (Fsp3) is 0.333. The van der Waals surface area contributed by atoms with Crippen LogP contribution < -0.4 is 10.1 Å². The van der Waals surface area contributed by atoms with E-state index in [1.54, 1.807) is 0 Å². The van der Waals surface area contributed by atoms with E-state index in [1.165, 1.54) is 6.07 Å². The van der Waals surface area contributed by atoms with Crippen LogP contribution in [0.5, 0.6) is 5.75 Å². The Labute approximate surface area is 86.7 Å². The molecule has 0 saturated carbocycles. The Kier molecular flexibility index (Phi) is 3.66. The highest BCUT2D eigenvalue weighted by molar-refractivity contribution is 5.85. The molecule has 1 heterocycles. The van der Waals surface area contributed by atoms with Crippen molar-refractivity contribution in [2.45, 2.75) is 6.10 Å². The van der Waals surface area contributed by atoms with Gasteiger partial charge in [0.1, 0.15) is 11.9 Å². The van der Waals surface area contributed by atoms with Crippen LogP contribution >= 0.6 is 12.4 Å². The number of benzene rings is 1. The summed E-state index contributed by atoms with van der Waals surface area (Å²) in [4.78, 5) is 0. The lowest BCUT2D eigenvalue weighted by atomic mass is 10.2. The quantitative estimate of drug-likeness (QED) is 0.822. The third-order valence-electron chi connectivity index (χ3n) is 1.94. The van der Waals surface area contributed by atoms with Gasteiger partial charge in [0, 0.05) is 19.2 Å². The number of hydrogen-bond acceptors (Lipinski definition) is 2. The molecule has 1 aliphatic rings. The van der Waals surface area contributed by atoms with Gasteiger partial charge in [-0.3, -0.25) is 0 Å². The Hall–Kier alpha value is -0.870. The average Bonchev–Trinajstić information content (AvgIpc) is 2.04. The topological polar surface area (TPSA) is 21.3 Å². The molecule has 1 saturated heterocycles. The van der Waals surface area contributed by atoms with Gasteiger partial charge >= 0.3 is 0 Å². The van der Waals surface area contributed by atoms with Crippen molar-refractivity contribution in [3.63, 3.8) is 0 Å². The Bertz CT molecular complexity index is 318. The van der Waals surface area contributed by atoms with Gasteiger partial charge in [0.05, 0.1) is 0 Å². The molecule has 0 unspecified atom stereocenters. The average molecular weight is 222 g/mol. The zero-order valence-corrected chi connectivity index (χ0v) is 8.11. The minimum Gasteiger partial charge on any atom is -0.488 e. The van der Waals surface area contributed by atoms with Crippen LogP contribution in [0, 0.1) is 11.6 Å². The van der Waals surface area contributed by atoms with E-state index in [9.17, 15) is 8.78 Å². The summed E-state index contributed by atoms with van der Waals surface area (Å²) in [6, 6.07) is 3.56. The van der Waals surface area contributed by atoms with Crippen molar-refractivity contribution >= 4 is 12.4 Å². The number of nitrogens with one attached hydrogen (secondary N) is 1. The molecule has 1 fully saturated rings. The molecule has 5 heteroatoms. The first-order chi connectivity index (χ1) is 6.25. The lowest BCUT2D eigenvalue weighted by molar-refractivity contribution is 0.141. The Balaban J connectivity index is 0.000000980. The van der Waals surface area contributed by atoms with Crippen molar-refractivity contribution in [3.05, 3.63) is 29.8 Å². The second kappa shape index (κ2) is 4.57. The summed E-state index contributed by atoms with van der Waals surface area (Å²) in [6.45, 7) is 1.53. The Morgan fingerprint density at radius 1 is 1.21 bits per heavy atom. The van der Waals surface area contributed by atoms with Crippen molar-refractivity contribution in [1.82, 2.24) is 5.32 Å². The third-order valence-corrected chi connectivity index (χ3v) is 1.94. The van der Waals surface area contributed by atoms with E-state index in [0.717, 1.165) is 25.2 Å². The molecule has 0 spiro atoms. The lowest BCUT2D eigenvalue weighted by Crippen LogP contribution is -2.50. The molecule has 1 aromatic carbocycles. The van der Waals surface area contributed by atoms with E-state index in [0.29, 0.717) is 5.75 Å². The molecule has 2 rings (SSSR count). The molecule has 1 aromatic rings. The molecule has 0 amide bonds. The summed E-state index contributed by atoms with van der Waals surface area (Å²) < 4.78 is 30.5. The zero-order valence-electron chi connectivity index (χ0n) is 7.30. The first-order valence-electron chi connectivity index (χ1n) is 4.08. The van der Waals surface area contributed by atoms with Crippen LogP contribution in [0.1, 0.15) is 0 Å². The van der Waals surface area contributed by atoms with E-state index >= 15 is 0 Å². The predicted molar refractivity (Wildman–Crippen MR) is 50.9 cm³/mol. The van der Waals surface area contributed by atoms with Gasteiger partial charge in [-0.1, -0.05) is 0 Å². The van der Waals surface area contributed by atoms with Crippen molar-refractivity contribution in [3.8, 4) is 5.75 Å². The van der Waals surface area contributed by atoms with Crippen LogP contribution in [-0.4, -0.2) is 19.2 Å². The molecule has 0 aromatic heterocycles. The number of halogens is 3. The van der Waals surface area contributed by atoms with Gasteiger partial charge in [0.25, 0.3) is 0 Å². The molecule has 2 nitrogen and oxygen atoms in total. The summed E-state index contributed by atoms with van der Waals surface area (Å²) in [6.07, 6.45) is 0.0878. The number of hydrogen-bond donors (Lipinski definition) is 1. The molecule has 0 atom stereocenters. The maximum atomic E-state index is 12.7. The molecular formula is C9H10ClF2NO. The van der Waals surface area contributed by atoms with E-state index < -0.39 is 11.6 Å². The minimum atomic E-state index is -0.871. The molecule has 0 radical (unpaired) electrons. The van der Waals surface area contributed by atoms with Crippen LogP contribution in [-0.2, 0) is 0 Å². The fourth-order valence-corrected chi connectivity index (χ4v) is 1.09. The molecule has 0 aliphatic carbocycles. The van der Waals surface area contributed by atoms with E-state index in [4.69, 9.17) is 4.74 Å². The van der Waals surface area contributed by atoms with Crippen LogP contribution in [0.3, 0.4) is 0 Å². The Morgan fingerprint density at radius 3 is 2.43 bits per heavy atom. The molecule has 1 N–H and O–H groups in total. The number of ether oxygens (including phenoxy) is 1. The lowest BCUT2D eigenvalue weighted by Gasteiger charge is -2.27. The largest absolute Gasteiger partial charge is 0.488 e. The highest BCUT2D eigenvalue weighted by Crippen LogP contribution is 2.17. The summed E-state index contributed by atoms with van der Waals surface area (Å²) in [5.74, 6) is -1.34.